The number of piperidine rings is 1. The molecule has 2 N–H and O–H groups in total. The first kappa shape index (κ1) is 24.8. The number of imidazole rings is 1. The monoisotopic (exact) mass is 518 g/mol. The Balaban J connectivity index is 1.30. The van der Waals surface area contributed by atoms with Gasteiger partial charge in [-0.3, -0.25) is 9.36 Å². The molecule has 37 heavy (non-hydrogen) atoms. The van der Waals surface area contributed by atoms with Crippen LogP contribution in [0.15, 0.2) is 47.4 Å². The standard InChI is InChI=1S/C28H30N4O4S/c1-16-12-20(13-17(2)25(16)33)26(34)24-18(3)37-28(30-24)31-10-8-21(9-11-31)32-15-23(29-27(32)35)19-6-5-7-22(14-19)36-4/h5-7,12-15,21,33H,8-11H2,1-4H3,(H,29,35). The van der Waals surface area contributed by atoms with E-state index in [2.05, 4.69) is 9.88 Å². The SMILES string of the molecule is COc1cccc(-c2cn(C3CCN(c4nc(C(=O)c5cc(C)c(O)c(C)c5)c(C)s4)CC3)c(=O)[nH]2)c1. The largest absolute Gasteiger partial charge is 0.507 e. The summed E-state index contributed by atoms with van der Waals surface area (Å²) in [5.74, 6) is 0.823. The average molecular weight is 519 g/mol. The fourth-order valence-corrected chi connectivity index (χ4v) is 5.86. The van der Waals surface area contributed by atoms with Gasteiger partial charge < -0.3 is 19.7 Å². The number of methoxy groups -OCH3 is 1. The van der Waals surface area contributed by atoms with Gasteiger partial charge in [-0.1, -0.05) is 12.1 Å². The van der Waals surface area contributed by atoms with Gasteiger partial charge in [0.2, 0.25) is 5.78 Å². The number of carbonyl (C=O) groups is 1. The van der Waals surface area contributed by atoms with Crippen LogP contribution in [0.2, 0.25) is 0 Å². The molecule has 2 aromatic carbocycles. The van der Waals surface area contributed by atoms with Crippen molar-refractivity contribution < 1.29 is 14.6 Å². The third-order valence-electron chi connectivity index (χ3n) is 7.01. The van der Waals surface area contributed by atoms with Gasteiger partial charge in [-0.2, -0.15) is 0 Å². The number of aromatic hydroxyl groups is 1. The number of ether oxygens (including phenoxy) is 1. The molecule has 0 saturated carbocycles. The molecule has 0 unspecified atom stereocenters. The number of hydrogen-bond acceptors (Lipinski definition) is 7. The van der Waals surface area contributed by atoms with E-state index in [1.54, 1.807) is 37.7 Å². The molecular weight excluding hydrogens is 488 g/mol. The van der Waals surface area contributed by atoms with E-state index in [4.69, 9.17) is 9.72 Å². The number of ketones is 1. The number of phenolic OH excluding ortho intramolecular Hbond substituents is 1. The first-order valence-electron chi connectivity index (χ1n) is 12.3. The second-order valence-corrected chi connectivity index (χ2v) is 10.7. The number of anilines is 1. The normalized spacial score (nSPS) is 14.2. The van der Waals surface area contributed by atoms with Gasteiger partial charge in [-0.25, -0.2) is 9.78 Å². The Kier molecular flexibility index (Phi) is 6.64. The lowest BCUT2D eigenvalue weighted by Gasteiger charge is -2.32. The maximum atomic E-state index is 13.2. The average Bonchev–Trinajstić information content (AvgIpc) is 3.49. The molecule has 3 heterocycles. The van der Waals surface area contributed by atoms with Crippen molar-refractivity contribution in [2.75, 3.05) is 25.1 Å². The maximum absolute atomic E-state index is 13.2. The van der Waals surface area contributed by atoms with E-state index in [1.807, 2.05) is 37.4 Å². The molecule has 1 aliphatic heterocycles. The van der Waals surface area contributed by atoms with Gasteiger partial charge in [-0.05, 0) is 69.0 Å². The molecule has 0 aliphatic carbocycles. The van der Waals surface area contributed by atoms with Crippen LogP contribution in [-0.4, -0.2) is 45.6 Å². The molecule has 9 heteroatoms. The van der Waals surface area contributed by atoms with E-state index in [0.717, 1.165) is 52.9 Å². The Morgan fingerprint density at radius 1 is 1.14 bits per heavy atom. The van der Waals surface area contributed by atoms with Crippen molar-refractivity contribution in [3.05, 3.63) is 80.3 Å². The van der Waals surface area contributed by atoms with Gasteiger partial charge in [0.15, 0.2) is 5.13 Å². The van der Waals surface area contributed by atoms with E-state index in [-0.39, 0.29) is 23.3 Å². The second-order valence-electron chi connectivity index (χ2n) is 9.52. The summed E-state index contributed by atoms with van der Waals surface area (Å²) in [6.07, 6.45) is 3.49. The van der Waals surface area contributed by atoms with Crippen molar-refractivity contribution in [1.82, 2.24) is 14.5 Å². The van der Waals surface area contributed by atoms with Crippen LogP contribution < -0.4 is 15.3 Å². The molecule has 0 radical (unpaired) electrons. The number of thiazole rings is 1. The van der Waals surface area contributed by atoms with Gasteiger partial charge >= 0.3 is 5.69 Å². The van der Waals surface area contributed by atoms with Gasteiger partial charge in [0.1, 0.15) is 17.2 Å². The zero-order valence-corrected chi connectivity index (χ0v) is 22.2. The molecule has 0 bridgehead atoms. The summed E-state index contributed by atoms with van der Waals surface area (Å²) >= 11 is 1.52. The molecule has 8 nitrogen and oxygen atoms in total. The fraction of sp³-hybridized carbons (Fsp3) is 0.321. The first-order chi connectivity index (χ1) is 17.7. The van der Waals surface area contributed by atoms with E-state index >= 15 is 0 Å². The number of rotatable bonds is 6. The Bertz CT molecular complexity index is 1500. The van der Waals surface area contributed by atoms with Crippen molar-refractivity contribution in [1.29, 1.82) is 0 Å². The van der Waals surface area contributed by atoms with Crippen molar-refractivity contribution in [2.24, 2.45) is 0 Å². The van der Waals surface area contributed by atoms with Crippen LogP contribution in [-0.2, 0) is 0 Å². The molecule has 1 aliphatic rings. The summed E-state index contributed by atoms with van der Waals surface area (Å²) in [5, 5.41) is 10.9. The molecule has 0 amide bonds. The summed E-state index contributed by atoms with van der Waals surface area (Å²) in [4.78, 5) is 36.7. The van der Waals surface area contributed by atoms with Crippen LogP contribution in [0.5, 0.6) is 11.5 Å². The van der Waals surface area contributed by atoms with E-state index < -0.39 is 0 Å². The fourth-order valence-electron chi connectivity index (χ4n) is 4.91. The van der Waals surface area contributed by atoms with Gasteiger partial charge in [0.25, 0.3) is 0 Å². The predicted molar refractivity (Wildman–Crippen MR) is 145 cm³/mol. The highest BCUT2D eigenvalue weighted by Crippen LogP contribution is 2.33. The van der Waals surface area contributed by atoms with Crippen molar-refractivity contribution >= 4 is 22.3 Å². The molecule has 192 valence electrons. The number of aromatic nitrogens is 3. The highest BCUT2D eigenvalue weighted by atomic mass is 32.1. The number of benzene rings is 2. The third-order valence-corrected chi connectivity index (χ3v) is 8.04. The summed E-state index contributed by atoms with van der Waals surface area (Å²) in [7, 11) is 1.62. The number of hydrogen-bond donors (Lipinski definition) is 2. The minimum atomic E-state index is -0.134. The molecule has 1 saturated heterocycles. The zero-order chi connectivity index (χ0) is 26.3. The van der Waals surface area contributed by atoms with Crippen molar-refractivity contribution in [3.63, 3.8) is 0 Å². The maximum Gasteiger partial charge on any atom is 0.326 e. The minimum absolute atomic E-state index is 0.0875. The Morgan fingerprint density at radius 2 is 1.84 bits per heavy atom. The zero-order valence-electron chi connectivity index (χ0n) is 21.4. The molecular formula is C28H30N4O4S. The molecule has 4 aromatic rings. The van der Waals surface area contributed by atoms with Crippen LogP contribution >= 0.6 is 11.3 Å². The first-order valence-corrected chi connectivity index (χ1v) is 13.1. The number of carbonyl (C=O) groups excluding carboxylic acids is 1. The molecule has 0 spiro atoms. The van der Waals surface area contributed by atoms with E-state index in [0.29, 0.717) is 22.4 Å². The second kappa shape index (κ2) is 9.89. The van der Waals surface area contributed by atoms with E-state index in [9.17, 15) is 14.7 Å². The van der Waals surface area contributed by atoms with Crippen molar-refractivity contribution in [3.8, 4) is 22.8 Å². The van der Waals surface area contributed by atoms with Crippen LogP contribution in [0.3, 0.4) is 0 Å². The number of aryl methyl sites for hydroxylation is 3. The summed E-state index contributed by atoms with van der Waals surface area (Å²) in [6, 6.07) is 11.1. The molecule has 0 atom stereocenters. The number of nitrogens with one attached hydrogen (secondary N) is 1. The lowest BCUT2D eigenvalue weighted by atomic mass is 10.0. The molecule has 2 aromatic heterocycles. The van der Waals surface area contributed by atoms with Crippen LogP contribution in [0.1, 0.15) is 50.9 Å². The Labute approximate surface area is 219 Å². The van der Waals surface area contributed by atoms with Crippen molar-refractivity contribution in [2.45, 2.75) is 39.7 Å². The summed E-state index contributed by atoms with van der Waals surface area (Å²) in [6.45, 7) is 6.99. The molecule has 5 rings (SSSR count). The topological polar surface area (TPSA) is 100 Å². The number of H-pyrrole nitrogens is 1. The van der Waals surface area contributed by atoms with E-state index in [1.165, 1.54) is 11.3 Å². The lowest BCUT2D eigenvalue weighted by Crippen LogP contribution is -2.36. The Morgan fingerprint density at radius 3 is 2.51 bits per heavy atom. The minimum Gasteiger partial charge on any atom is -0.507 e. The van der Waals surface area contributed by atoms with Gasteiger partial charge in [-0.15, -0.1) is 11.3 Å². The molecule has 1 fully saturated rings. The summed E-state index contributed by atoms with van der Waals surface area (Å²) < 4.78 is 7.10. The third kappa shape index (κ3) is 4.79. The summed E-state index contributed by atoms with van der Waals surface area (Å²) in [5.41, 5.74) is 3.89. The van der Waals surface area contributed by atoms with Crippen LogP contribution in [0.25, 0.3) is 11.3 Å². The highest BCUT2D eigenvalue weighted by Gasteiger charge is 2.26. The quantitative estimate of drug-likeness (QED) is 0.348. The number of phenols is 1. The van der Waals surface area contributed by atoms with Crippen LogP contribution in [0, 0.1) is 20.8 Å². The predicted octanol–water partition coefficient (Wildman–Crippen LogP) is 5.01. The Hall–Kier alpha value is -3.85. The van der Waals surface area contributed by atoms with Crippen LogP contribution in [0.4, 0.5) is 5.13 Å². The van der Waals surface area contributed by atoms with Gasteiger partial charge in [0, 0.05) is 41.3 Å². The smallest absolute Gasteiger partial charge is 0.326 e. The highest BCUT2D eigenvalue weighted by molar-refractivity contribution is 7.15. The number of nitrogens with zero attached hydrogens (tertiary/aromatic N) is 3. The number of aromatic amines is 1. The van der Waals surface area contributed by atoms with Gasteiger partial charge in [0.05, 0.1) is 12.8 Å². The lowest BCUT2D eigenvalue weighted by molar-refractivity contribution is 0.103.